The maximum absolute atomic E-state index is 12.5. The third kappa shape index (κ3) is 3.94. The van der Waals surface area contributed by atoms with Gasteiger partial charge < -0.3 is 20.0 Å². The number of nitrogens with zero attached hydrogens (tertiary/aromatic N) is 1. The molecular weight excluding hydrogens is 378 g/mol. The average Bonchev–Trinajstić information content (AvgIpc) is 3.42. The van der Waals surface area contributed by atoms with Gasteiger partial charge in [0.15, 0.2) is 0 Å². The van der Waals surface area contributed by atoms with E-state index in [1.54, 1.807) is 6.26 Å². The highest BCUT2D eigenvalue weighted by Gasteiger charge is 2.29. The predicted octanol–water partition coefficient (Wildman–Crippen LogP) is 3.76. The molecule has 154 valence electrons. The highest BCUT2D eigenvalue weighted by Crippen LogP contribution is 2.34. The molecule has 1 aliphatic rings. The zero-order valence-corrected chi connectivity index (χ0v) is 17.1. The number of anilines is 2. The van der Waals surface area contributed by atoms with E-state index in [0.29, 0.717) is 5.69 Å². The van der Waals surface area contributed by atoms with Crippen molar-refractivity contribution in [1.29, 1.82) is 0 Å². The Bertz CT molecular complexity index is 1040. The quantitative estimate of drug-likeness (QED) is 0.636. The van der Waals surface area contributed by atoms with E-state index >= 15 is 0 Å². The Morgan fingerprint density at radius 1 is 1.00 bits per heavy atom. The Kier molecular flexibility index (Phi) is 5.57. The smallest absolute Gasteiger partial charge is 0.313 e. The van der Waals surface area contributed by atoms with Gasteiger partial charge in [-0.3, -0.25) is 9.59 Å². The summed E-state index contributed by atoms with van der Waals surface area (Å²) in [7, 11) is 0. The van der Waals surface area contributed by atoms with Gasteiger partial charge >= 0.3 is 11.8 Å². The van der Waals surface area contributed by atoms with Gasteiger partial charge in [0, 0.05) is 24.5 Å². The van der Waals surface area contributed by atoms with Crippen molar-refractivity contribution in [2.45, 2.75) is 26.3 Å². The lowest BCUT2D eigenvalue weighted by Crippen LogP contribution is -2.41. The first kappa shape index (κ1) is 19.8. The number of nitrogens with one attached hydrogen (secondary N) is 2. The summed E-state index contributed by atoms with van der Waals surface area (Å²) in [6.45, 7) is 4.90. The summed E-state index contributed by atoms with van der Waals surface area (Å²) in [5.74, 6) is -0.587. The summed E-state index contributed by atoms with van der Waals surface area (Å²) >= 11 is 0. The van der Waals surface area contributed by atoms with Crippen LogP contribution in [0.1, 0.15) is 28.5 Å². The molecule has 2 N–H and O–H groups in total. The van der Waals surface area contributed by atoms with Crippen molar-refractivity contribution in [2.24, 2.45) is 0 Å². The second-order valence-corrected chi connectivity index (χ2v) is 7.53. The van der Waals surface area contributed by atoms with Crippen molar-refractivity contribution in [3.05, 3.63) is 83.3 Å². The van der Waals surface area contributed by atoms with Crippen molar-refractivity contribution < 1.29 is 14.0 Å². The van der Waals surface area contributed by atoms with Gasteiger partial charge in [-0.2, -0.15) is 0 Å². The van der Waals surface area contributed by atoms with E-state index in [1.807, 2.05) is 56.3 Å². The van der Waals surface area contributed by atoms with E-state index in [-0.39, 0.29) is 12.6 Å². The summed E-state index contributed by atoms with van der Waals surface area (Å²) in [6.07, 6.45) is 2.56. The van der Waals surface area contributed by atoms with Crippen LogP contribution in [-0.2, 0) is 16.0 Å². The van der Waals surface area contributed by atoms with Gasteiger partial charge in [0.25, 0.3) is 0 Å². The summed E-state index contributed by atoms with van der Waals surface area (Å²) in [5, 5.41) is 5.52. The molecule has 2 heterocycles. The van der Waals surface area contributed by atoms with Crippen LogP contribution in [0.5, 0.6) is 0 Å². The molecule has 0 radical (unpaired) electrons. The fraction of sp³-hybridized carbons (Fsp3) is 0.250. The fourth-order valence-electron chi connectivity index (χ4n) is 3.98. The standard InChI is InChI=1S/C24H25N3O3/c1-16-7-5-8-17(2)22(16)26-24(29)23(28)25-15-20(21-11-6-14-30-21)27-13-12-18-9-3-4-10-19(18)27/h3-11,14,20H,12-13,15H2,1-2H3,(H,25,28)(H,26,29). The number of benzene rings is 2. The summed E-state index contributed by atoms with van der Waals surface area (Å²) in [6, 6.07) is 17.5. The minimum absolute atomic E-state index is 0.194. The van der Waals surface area contributed by atoms with Crippen LogP contribution in [0.2, 0.25) is 0 Å². The van der Waals surface area contributed by atoms with Gasteiger partial charge in [0.05, 0.1) is 6.26 Å². The van der Waals surface area contributed by atoms with Crippen molar-refractivity contribution in [1.82, 2.24) is 5.32 Å². The average molecular weight is 403 g/mol. The van der Waals surface area contributed by atoms with Gasteiger partial charge in [0.1, 0.15) is 11.8 Å². The van der Waals surface area contributed by atoms with Crippen LogP contribution in [-0.4, -0.2) is 24.9 Å². The molecule has 3 aromatic rings. The molecule has 1 aliphatic heterocycles. The van der Waals surface area contributed by atoms with Crippen molar-refractivity contribution >= 4 is 23.2 Å². The number of fused-ring (bicyclic) bond motifs is 1. The van der Waals surface area contributed by atoms with Crippen LogP contribution in [0.4, 0.5) is 11.4 Å². The number of hydrogen-bond donors (Lipinski definition) is 2. The molecule has 0 fully saturated rings. The molecule has 6 heteroatoms. The fourth-order valence-corrected chi connectivity index (χ4v) is 3.98. The number of aryl methyl sites for hydroxylation is 2. The zero-order chi connectivity index (χ0) is 21.1. The first-order valence-corrected chi connectivity index (χ1v) is 10.1. The highest BCUT2D eigenvalue weighted by molar-refractivity contribution is 6.39. The molecule has 0 bridgehead atoms. The molecule has 4 rings (SSSR count). The van der Waals surface area contributed by atoms with Crippen LogP contribution in [0, 0.1) is 13.8 Å². The third-order valence-electron chi connectivity index (χ3n) is 5.55. The van der Waals surface area contributed by atoms with E-state index < -0.39 is 11.8 Å². The topological polar surface area (TPSA) is 74.6 Å². The summed E-state index contributed by atoms with van der Waals surface area (Å²) in [4.78, 5) is 27.2. The van der Waals surface area contributed by atoms with E-state index in [4.69, 9.17) is 4.42 Å². The Morgan fingerprint density at radius 3 is 2.50 bits per heavy atom. The highest BCUT2D eigenvalue weighted by atomic mass is 16.3. The van der Waals surface area contributed by atoms with Crippen LogP contribution in [0.3, 0.4) is 0 Å². The summed E-state index contributed by atoms with van der Waals surface area (Å²) < 4.78 is 5.65. The molecule has 0 saturated carbocycles. The van der Waals surface area contributed by atoms with Gasteiger partial charge in [-0.05, 0) is 55.2 Å². The van der Waals surface area contributed by atoms with Gasteiger partial charge in [0.2, 0.25) is 0 Å². The molecule has 6 nitrogen and oxygen atoms in total. The maximum atomic E-state index is 12.5. The molecule has 1 aromatic heterocycles. The van der Waals surface area contributed by atoms with Crippen LogP contribution in [0.15, 0.2) is 65.3 Å². The number of furan rings is 1. The first-order valence-electron chi connectivity index (χ1n) is 10.1. The van der Waals surface area contributed by atoms with Gasteiger partial charge in [-0.15, -0.1) is 0 Å². The van der Waals surface area contributed by atoms with Gasteiger partial charge in [-0.1, -0.05) is 36.4 Å². The van der Waals surface area contributed by atoms with Crippen LogP contribution in [0.25, 0.3) is 0 Å². The van der Waals surface area contributed by atoms with Crippen molar-refractivity contribution in [3.63, 3.8) is 0 Å². The SMILES string of the molecule is Cc1cccc(C)c1NC(=O)C(=O)NCC(c1ccco1)N1CCc2ccccc21. The second kappa shape index (κ2) is 8.45. The third-order valence-corrected chi connectivity index (χ3v) is 5.55. The Hall–Kier alpha value is -3.54. The number of carbonyl (C=O) groups excluding carboxylic acids is 2. The molecule has 1 atom stereocenters. The molecule has 30 heavy (non-hydrogen) atoms. The lowest BCUT2D eigenvalue weighted by molar-refractivity contribution is -0.136. The number of hydrogen-bond acceptors (Lipinski definition) is 4. The lowest BCUT2D eigenvalue weighted by Gasteiger charge is -2.29. The predicted molar refractivity (Wildman–Crippen MR) is 116 cm³/mol. The lowest BCUT2D eigenvalue weighted by atomic mass is 10.1. The largest absolute Gasteiger partial charge is 0.467 e. The van der Waals surface area contributed by atoms with Crippen LogP contribution >= 0.6 is 0 Å². The molecule has 2 amide bonds. The molecule has 0 spiro atoms. The zero-order valence-electron chi connectivity index (χ0n) is 17.1. The van der Waals surface area contributed by atoms with Crippen molar-refractivity contribution in [3.8, 4) is 0 Å². The number of carbonyl (C=O) groups is 2. The van der Waals surface area contributed by atoms with Crippen molar-refractivity contribution in [2.75, 3.05) is 23.3 Å². The van der Waals surface area contributed by atoms with E-state index in [0.717, 1.165) is 35.5 Å². The number of para-hydroxylation sites is 2. The van der Waals surface area contributed by atoms with Crippen LogP contribution < -0.4 is 15.5 Å². The Morgan fingerprint density at radius 2 is 1.77 bits per heavy atom. The molecule has 1 unspecified atom stereocenters. The first-order chi connectivity index (χ1) is 14.5. The number of rotatable bonds is 5. The monoisotopic (exact) mass is 403 g/mol. The van der Waals surface area contributed by atoms with E-state index in [2.05, 4.69) is 27.7 Å². The molecule has 2 aromatic carbocycles. The Labute approximate surface area is 175 Å². The minimum atomic E-state index is -0.674. The maximum Gasteiger partial charge on any atom is 0.313 e. The molecule has 0 saturated heterocycles. The molecular formula is C24H25N3O3. The van der Waals surface area contributed by atoms with Gasteiger partial charge in [-0.25, -0.2) is 0 Å². The minimum Gasteiger partial charge on any atom is -0.467 e. The molecule has 0 aliphatic carbocycles. The van der Waals surface area contributed by atoms with E-state index in [9.17, 15) is 9.59 Å². The second-order valence-electron chi connectivity index (χ2n) is 7.53. The van der Waals surface area contributed by atoms with E-state index in [1.165, 1.54) is 5.56 Å². The Balaban J connectivity index is 1.47. The number of amides is 2. The normalized spacial score (nSPS) is 13.6. The summed E-state index contributed by atoms with van der Waals surface area (Å²) in [5.41, 5.74) is 4.91.